The summed E-state index contributed by atoms with van der Waals surface area (Å²) in [5.41, 5.74) is -0.375. The Kier molecular flexibility index (Phi) is 4.07. The van der Waals surface area contributed by atoms with E-state index in [1.807, 2.05) is 19.0 Å². The van der Waals surface area contributed by atoms with Gasteiger partial charge >= 0.3 is 0 Å². The van der Waals surface area contributed by atoms with Crippen molar-refractivity contribution < 1.29 is 9.90 Å². The summed E-state index contributed by atoms with van der Waals surface area (Å²) in [6, 6.07) is 3.35. The largest absolute Gasteiger partial charge is 0.389 e. The lowest BCUT2D eigenvalue weighted by Gasteiger charge is -2.18. The van der Waals surface area contributed by atoms with Gasteiger partial charge in [0.15, 0.2) is 0 Å². The zero-order valence-electron chi connectivity index (χ0n) is 10.7. The molecular weight excluding hydrogens is 218 g/mol. The van der Waals surface area contributed by atoms with Crippen LogP contribution in [0.5, 0.6) is 0 Å². The third-order valence-electron chi connectivity index (χ3n) is 2.15. The van der Waals surface area contributed by atoms with Crippen LogP contribution < -0.4 is 10.2 Å². The van der Waals surface area contributed by atoms with Crippen molar-refractivity contribution in [2.24, 2.45) is 0 Å². The van der Waals surface area contributed by atoms with E-state index in [9.17, 15) is 9.90 Å². The summed E-state index contributed by atoms with van der Waals surface area (Å²) in [5, 5.41) is 12.2. The molecule has 0 radical (unpaired) electrons. The van der Waals surface area contributed by atoms with E-state index >= 15 is 0 Å². The lowest BCUT2D eigenvalue weighted by atomic mass is 10.1. The Bertz CT molecular complexity index is 397. The van der Waals surface area contributed by atoms with Crippen LogP contribution in [0, 0.1) is 0 Å². The van der Waals surface area contributed by atoms with Crippen LogP contribution in [0.4, 0.5) is 5.82 Å². The maximum Gasteiger partial charge on any atom is 0.251 e. The van der Waals surface area contributed by atoms with Gasteiger partial charge in [-0.2, -0.15) is 0 Å². The zero-order valence-corrected chi connectivity index (χ0v) is 10.7. The number of hydrogen-bond donors (Lipinski definition) is 2. The molecule has 1 aromatic rings. The number of hydrogen-bond acceptors (Lipinski definition) is 4. The molecule has 1 aromatic heterocycles. The Morgan fingerprint density at radius 1 is 1.53 bits per heavy atom. The molecule has 0 saturated heterocycles. The molecule has 0 aliphatic rings. The van der Waals surface area contributed by atoms with Crippen molar-refractivity contribution in [2.75, 3.05) is 25.5 Å². The molecule has 0 aliphatic heterocycles. The van der Waals surface area contributed by atoms with Gasteiger partial charge in [0.25, 0.3) is 5.91 Å². The Labute approximate surface area is 101 Å². The van der Waals surface area contributed by atoms with Crippen LogP contribution in [0.25, 0.3) is 0 Å². The van der Waals surface area contributed by atoms with Gasteiger partial charge in [-0.05, 0) is 26.0 Å². The third-order valence-corrected chi connectivity index (χ3v) is 2.15. The highest BCUT2D eigenvalue weighted by molar-refractivity contribution is 5.94. The molecule has 94 valence electrons. The first-order valence-electron chi connectivity index (χ1n) is 5.43. The number of pyridine rings is 1. The van der Waals surface area contributed by atoms with Crippen molar-refractivity contribution in [1.82, 2.24) is 10.3 Å². The number of amides is 1. The summed E-state index contributed by atoms with van der Waals surface area (Å²) < 4.78 is 0. The molecule has 0 spiro atoms. The predicted molar refractivity (Wildman–Crippen MR) is 67.2 cm³/mol. The van der Waals surface area contributed by atoms with Gasteiger partial charge in [-0.15, -0.1) is 0 Å². The second-order valence-corrected chi connectivity index (χ2v) is 4.79. The third kappa shape index (κ3) is 4.40. The smallest absolute Gasteiger partial charge is 0.251 e. The maximum atomic E-state index is 11.8. The number of rotatable bonds is 4. The predicted octanol–water partition coefficient (Wildman–Crippen LogP) is 0.648. The molecule has 2 N–H and O–H groups in total. The second-order valence-electron chi connectivity index (χ2n) is 4.79. The number of carbonyl (C=O) groups is 1. The Balaban J connectivity index is 2.72. The van der Waals surface area contributed by atoms with Crippen LogP contribution in [0.3, 0.4) is 0 Å². The SMILES string of the molecule is CN(C)c1cc(C(=O)NCC(C)(C)O)ccn1. The molecule has 0 bridgehead atoms. The first-order chi connectivity index (χ1) is 7.79. The number of anilines is 1. The van der Waals surface area contributed by atoms with E-state index in [-0.39, 0.29) is 12.5 Å². The van der Waals surface area contributed by atoms with E-state index in [0.717, 1.165) is 5.82 Å². The zero-order chi connectivity index (χ0) is 13.1. The first-order valence-corrected chi connectivity index (χ1v) is 5.43. The fourth-order valence-electron chi connectivity index (χ4n) is 1.20. The normalized spacial score (nSPS) is 11.1. The fourth-order valence-corrected chi connectivity index (χ4v) is 1.20. The highest BCUT2D eigenvalue weighted by Gasteiger charge is 2.15. The monoisotopic (exact) mass is 237 g/mol. The number of carbonyl (C=O) groups excluding carboxylic acids is 1. The molecule has 1 heterocycles. The average molecular weight is 237 g/mol. The van der Waals surface area contributed by atoms with Crippen molar-refractivity contribution in [3.63, 3.8) is 0 Å². The topological polar surface area (TPSA) is 65.5 Å². The van der Waals surface area contributed by atoms with E-state index < -0.39 is 5.60 Å². The van der Waals surface area contributed by atoms with Gasteiger partial charge in [-0.3, -0.25) is 4.79 Å². The van der Waals surface area contributed by atoms with E-state index in [1.54, 1.807) is 32.2 Å². The van der Waals surface area contributed by atoms with Gasteiger partial charge in [0.05, 0.1) is 5.60 Å². The summed E-state index contributed by atoms with van der Waals surface area (Å²) in [7, 11) is 3.72. The maximum absolute atomic E-state index is 11.8. The fraction of sp³-hybridized carbons (Fsp3) is 0.500. The van der Waals surface area contributed by atoms with Gasteiger partial charge in [-0.1, -0.05) is 0 Å². The summed E-state index contributed by atoms with van der Waals surface area (Å²) in [5.74, 6) is 0.513. The van der Waals surface area contributed by atoms with Gasteiger partial charge in [0, 0.05) is 32.4 Å². The summed E-state index contributed by atoms with van der Waals surface area (Å²) in [4.78, 5) is 17.8. The highest BCUT2D eigenvalue weighted by atomic mass is 16.3. The Morgan fingerprint density at radius 3 is 2.71 bits per heavy atom. The molecule has 1 amide bonds. The van der Waals surface area contributed by atoms with Crippen LogP contribution in [-0.4, -0.2) is 42.2 Å². The molecule has 17 heavy (non-hydrogen) atoms. The number of nitrogens with one attached hydrogen (secondary N) is 1. The van der Waals surface area contributed by atoms with Crippen LogP contribution in [0.2, 0.25) is 0 Å². The number of aliphatic hydroxyl groups is 1. The van der Waals surface area contributed by atoms with Crippen molar-refractivity contribution in [3.05, 3.63) is 23.9 Å². The van der Waals surface area contributed by atoms with Crippen molar-refractivity contribution in [2.45, 2.75) is 19.4 Å². The molecule has 5 heteroatoms. The van der Waals surface area contributed by atoms with Crippen LogP contribution in [0.15, 0.2) is 18.3 Å². The first kappa shape index (κ1) is 13.4. The molecule has 0 aliphatic carbocycles. The van der Waals surface area contributed by atoms with E-state index in [0.29, 0.717) is 5.56 Å². The number of aromatic nitrogens is 1. The molecule has 0 aromatic carbocycles. The molecule has 0 saturated carbocycles. The summed E-state index contributed by atoms with van der Waals surface area (Å²) >= 11 is 0. The lowest BCUT2D eigenvalue weighted by Crippen LogP contribution is -2.38. The summed E-state index contributed by atoms with van der Waals surface area (Å²) in [6.07, 6.45) is 1.59. The van der Waals surface area contributed by atoms with Gasteiger partial charge < -0.3 is 15.3 Å². The molecule has 0 unspecified atom stereocenters. The molecule has 0 fully saturated rings. The number of nitrogens with zero attached hydrogens (tertiary/aromatic N) is 2. The van der Waals surface area contributed by atoms with Gasteiger partial charge in [0.1, 0.15) is 5.82 Å². The minimum Gasteiger partial charge on any atom is -0.389 e. The molecule has 0 atom stereocenters. The van der Waals surface area contributed by atoms with Crippen LogP contribution >= 0.6 is 0 Å². The minimum atomic E-state index is -0.910. The Morgan fingerprint density at radius 2 is 2.18 bits per heavy atom. The lowest BCUT2D eigenvalue weighted by molar-refractivity contribution is 0.0694. The summed E-state index contributed by atoms with van der Waals surface area (Å²) in [6.45, 7) is 3.50. The minimum absolute atomic E-state index is 0.211. The highest BCUT2D eigenvalue weighted by Crippen LogP contribution is 2.09. The second kappa shape index (κ2) is 5.14. The Hall–Kier alpha value is -1.62. The van der Waals surface area contributed by atoms with Crippen LogP contribution in [-0.2, 0) is 0 Å². The van der Waals surface area contributed by atoms with E-state index in [2.05, 4.69) is 10.3 Å². The van der Waals surface area contributed by atoms with E-state index in [1.165, 1.54) is 0 Å². The molecule has 1 rings (SSSR count). The van der Waals surface area contributed by atoms with Crippen molar-refractivity contribution >= 4 is 11.7 Å². The quantitative estimate of drug-likeness (QED) is 0.807. The molecular formula is C12H19N3O2. The van der Waals surface area contributed by atoms with Gasteiger partial charge in [-0.25, -0.2) is 4.98 Å². The average Bonchev–Trinajstić information content (AvgIpc) is 2.25. The molecule has 5 nitrogen and oxygen atoms in total. The van der Waals surface area contributed by atoms with Crippen molar-refractivity contribution in [3.8, 4) is 0 Å². The van der Waals surface area contributed by atoms with Gasteiger partial charge in [0.2, 0.25) is 0 Å². The standard InChI is InChI=1S/C12H19N3O2/c1-12(2,17)8-14-11(16)9-5-6-13-10(7-9)15(3)4/h5-7,17H,8H2,1-4H3,(H,14,16). The van der Waals surface area contributed by atoms with E-state index in [4.69, 9.17) is 0 Å². The van der Waals surface area contributed by atoms with Crippen molar-refractivity contribution in [1.29, 1.82) is 0 Å². The van der Waals surface area contributed by atoms with Crippen LogP contribution in [0.1, 0.15) is 24.2 Å².